The fourth-order valence-corrected chi connectivity index (χ4v) is 3.27. The molecule has 0 spiro atoms. The fraction of sp³-hybridized carbons (Fsp3) is 0.0417. The van der Waals surface area contributed by atoms with Crippen LogP contribution >= 0.6 is 11.6 Å². The van der Waals surface area contributed by atoms with Crippen LogP contribution in [0.15, 0.2) is 54.6 Å². The number of carbonyl (C=O) groups is 1. The molecule has 1 N–H and O–H groups in total. The summed E-state index contributed by atoms with van der Waals surface area (Å²) in [7, 11) is 0. The number of nitriles is 1. The van der Waals surface area contributed by atoms with Gasteiger partial charge in [0.2, 0.25) is 0 Å². The Morgan fingerprint density at radius 3 is 2.56 bits per heavy atom. The molecule has 4 aromatic rings. The molecule has 0 radical (unpaired) electrons. The smallest absolute Gasteiger partial charge is 0.345 e. The van der Waals surface area contributed by atoms with Gasteiger partial charge in [-0.2, -0.15) is 5.26 Å². The van der Waals surface area contributed by atoms with Gasteiger partial charge >= 0.3 is 5.97 Å². The van der Waals surface area contributed by atoms with E-state index >= 15 is 0 Å². The molecule has 0 amide bonds. The highest BCUT2D eigenvalue weighted by atomic mass is 35.5. The number of H-pyrrole nitrogens is 1. The van der Waals surface area contributed by atoms with Crippen LogP contribution < -0.4 is 4.74 Å². The molecular formula is C24H14ClF2N3O2. The third kappa shape index (κ3) is 4.36. The summed E-state index contributed by atoms with van der Waals surface area (Å²) in [5, 5.41) is 9.31. The second-order valence-corrected chi connectivity index (χ2v) is 7.39. The van der Waals surface area contributed by atoms with Crippen molar-refractivity contribution in [2.24, 2.45) is 0 Å². The van der Waals surface area contributed by atoms with E-state index in [0.29, 0.717) is 29.1 Å². The van der Waals surface area contributed by atoms with Crippen LogP contribution in [0.5, 0.6) is 5.75 Å². The van der Waals surface area contributed by atoms with Gasteiger partial charge in [-0.25, -0.2) is 18.6 Å². The Labute approximate surface area is 186 Å². The fourth-order valence-electron chi connectivity index (χ4n) is 3.04. The molecule has 0 atom stereocenters. The molecule has 5 nitrogen and oxygen atoms in total. The summed E-state index contributed by atoms with van der Waals surface area (Å²) in [4.78, 5) is 19.8. The lowest BCUT2D eigenvalue weighted by atomic mass is 10.1. The highest BCUT2D eigenvalue weighted by molar-refractivity contribution is 6.33. The van der Waals surface area contributed by atoms with Gasteiger partial charge in [0.15, 0.2) is 11.6 Å². The molecule has 1 heterocycles. The van der Waals surface area contributed by atoms with E-state index in [9.17, 15) is 18.8 Å². The van der Waals surface area contributed by atoms with Crippen molar-refractivity contribution in [2.75, 3.05) is 0 Å². The molecule has 0 unspecified atom stereocenters. The minimum Gasteiger partial charge on any atom is -0.423 e. The van der Waals surface area contributed by atoms with Crippen LogP contribution in [0.25, 0.3) is 22.7 Å². The number of ether oxygens (including phenoxy) is 1. The summed E-state index contributed by atoms with van der Waals surface area (Å²) < 4.78 is 31.8. The number of aromatic nitrogens is 2. The molecule has 0 saturated heterocycles. The zero-order valence-electron chi connectivity index (χ0n) is 16.6. The van der Waals surface area contributed by atoms with Gasteiger partial charge in [0.05, 0.1) is 27.2 Å². The predicted molar refractivity (Wildman–Crippen MR) is 117 cm³/mol. The van der Waals surface area contributed by atoms with Crippen LogP contribution in [0.4, 0.5) is 8.78 Å². The highest BCUT2D eigenvalue weighted by Gasteiger charge is 2.17. The van der Waals surface area contributed by atoms with Gasteiger partial charge in [-0.1, -0.05) is 29.8 Å². The van der Waals surface area contributed by atoms with E-state index in [1.165, 1.54) is 12.1 Å². The molecule has 0 aliphatic rings. The number of aromatic amines is 1. The van der Waals surface area contributed by atoms with Crippen LogP contribution in [-0.2, 0) is 0 Å². The summed E-state index contributed by atoms with van der Waals surface area (Å²) in [5.74, 6) is -2.67. The minimum absolute atomic E-state index is 0.172. The standard InChI is InChI=1S/C24H14ClF2N3O2/c1-13-2-7-21-22(8-13)30-23(29-21)15(12-28)9-14-3-5-16(6-4-14)32-24(31)17-10-19(26)20(27)11-18(17)25/h2-11H,1H3,(H,29,30)/b15-9+. The molecule has 0 aliphatic heterocycles. The molecule has 4 rings (SSSR count). The number of nitrogens with one attached hydrogen (secondary N) is 1. The number of halogens is 3. The Bertz CT molecular complexity index is 1420. The zero-order valence-corrected chi connectivity index (χ0v) is 17.4. The van der Waals surface area contributed by atoms with E-state index in [1.54, 1.807) is 18.2 Å². The van der Waals surface area contributed by atoms with Crippen LogP contribution in [-0.4, -0.2) is 15.9 Å². The maximum atomic E-state index is 13.4. The third-order valence-electron chi connectivity index (χ3n) is 4.64. The van der Waals surface area contributed by atoms with Crippen molar-refractivity contribution in [1.29, 1.82) is 5.26 Å². The van der Waals surface area contributed by atoms with Crippen molar-refractivity contribution in [2.45, 2.75) is 6.92 Å². The second kappa shape index (κ2) is 8.61. The maximum Gasteiger partial charge on any atom is 0.345 e. The Hall–Kier alpha value is -4.02. The normalized spacial score (nSPS) is 11.4. The first-order chi connectivity index (χ1) is 15.3. The van der Waals surface area contributed by atoms with E-state index in [1.807, 2.05) is 25.1 Å². The van der Waals surface area contributed by atoms with E-state index in [4.69, 9.17) is 16.3 Å². The SMILES string of the molecule is Cc1ccc2nc(/C(C#N)=C/c3ccc(OC(=O)c4cc(F)c(F)cc4Cl)cc3)[nH]c2c1. The van der Waals surface area contributed by atoms with Gasteiger partial charge in [-0.05, 0) is 60.5 Å². The molecule has 1 aromatic heterocycles. The minimum atomic E-state index is -1.20. The van der Waals surface area contributed by atoms with E-state index in [2.05, 4.69) is 16.0 Å². The van der Waals surface area contributed by atoms with E-state index < -0.39 is 17.6 Å². The zero-order chi connectivity index (χ0) is 22.8. The van der Waals surface area contributed by atoms with Crippen molar-refractivity contribution in [1.82, 2.24) is 9.97 Å². The lowest BCUT2D eigenvalue weighted by Gasteiger charge is -2.07. The van der Waals surface area contributed by atoms with Crippen LogP contribution in [0.2, 0.25) is 5.02 Å². The van der Waals surface area contributed by atoms with E-state index in [0.717, 1.165) is 16.6 Å². The number of imidazole rings is 1. The van der Waals surface area contributed by atoms with Crippen molar-refractivity contribution in [3.63, 3.8) is 0 Å². The monoisotopic (exact) mass is 449 g/mol. The van der Waals surface area contributed by atoms with Gasteiger partial charge in [0, 0.05) is 0 Å². The number of hydrogen-bond acceptors (Lipinski definition) is 4. The Morgan fingerprint density at radius 1 is 1.12 bits per heavy atom. The van der Waals surface area contributed by atoms with Gasteiger partial charge in [-0.15, -0.1) is 0 Å². The summed E-state index contributed by atoms with van der Waals surface area (Å²) in [5.41, 5.74) is 3.37. The summed E-state index contributed by atoms with van der Waals surface area (Å²) in [6.45, 7) is 1.97. The average Bonchev–Trinajstić information content (AvgIpc) is 3.18. The number of esters is 1. The largest absolute Gasteiger partial charge is 0.423 e. The summed E-state index contributed by atoms with van der Waals surface area (Å²) in [6.07, 6.45) is 1.64. The average molecular weight is 450 g/mol. The van der Waals surface area contributed by atoms with Gasteiger partial charge in [-0.3, -0.25) is 0 Å². The first kappa shape index (κ1) is 21.2. The Morgan fingerprint density at radius 2 is 1.84 bits per heavy atom. The number of hydrogen-bond donors (Lipinski definition) is 1. The number of rotatable bonds is 4. The topological polar surface area (TPSA) is 78.8 Å². The molecule has 0 fully saturated rings. The summed E-state index contributed by atoms with van der Waals surface area (Å²) >= 11 is 5.80. The number of nitrogens with zero attached hydrogens (tertiary/aromatic N) is 2. The van der Waals surface area contributed by atoms with Crippen LogP contribution in [0, 0.1) is 29.9 Å². The number of aryl methyl sites for hydroxylation is 1. The first-order valence-electron chi connectivity index (χ1n) is 9.39. The first-order valence-corrected chi connectivity index (χ1v) is 9.77. The van der Waals surface area contributed by atoms with Crippen molar-refractivity contribution < 1.29 is 18.3 Å². The van der Waals surface area contributed by atoms with Gasteiger partial charge in [0.1, 0.15) is 17.6 Å². The third-order valence-corrected chi connectivity index (χ3v) is 4.96. The number of allylic oxidation sites excluding steroid dienone is 1. The Balaban J connectivity index is 1.54. The molecular weight excluding hydrogens is 436 g/mol. The number of fused-ring (bicyclic) bond motifs is 1. The lowest BCUT2D eigenvalue weighted by Crippen LogP contribution is -2.10. The molecule has 8 heteroatoms. The van der Waals surface area contributed by atoms with E-state index in [-0.39, 0.29) is 16.3 Å². The van der Waals surface area contributed by atoms with Crippen molar-refractivity contribution in [3.8, 4) is 11.8 Å². The van der Waals surface area contributed by atoms with Crippen molar-refractivity contribution in [3.05, 3.63) is 93.8 Å². The summed E-state index contributed by atoms with van der Waals surface area (Å²) in [6, 6.07) is 15.6. The second-order valence-electron chi connectivity index (χ2n) is 6.98. The molecule has 3 aromatic carbocycles. The molecule has 0 aliphatic carbocycles. The highest BCUT2D eigenvalue weighted by Crippen LogP contribution is 2.24. The van der Waals surface area contributed by atoms with Gasteiger partial charge < -0.3 is 9.72 Å². The molecule has 158 valence electrons. The predicted octanol–water partition coefficient (Wildman–Crippen LogP) is 6.09. The maximum absolute atomic E-state index is 13.4. The molecule has 0 saturated carbocycles. The van der Waals surface area contributed by atoms with Crippen LogP contribution in [0.3, 0.4) is 0 Å². The Kier molecular flexibility index (Phi) is 5.71. The van der Waals surface area contributed by atoms with Crippen LogP contribution in [0.1, 0.15) is 27.3 Å². The van der Waals surface area contributed by atoms with Crippen molar-refractivity contribution >= 4 is 40.3 Å². The number of benzene rings is 3. The molecule has 0 bridgehead atoms. The quantitative estimate of drug-likeness (QED) is 0.177. The van der Waals surface area contributed by atoms with Gasteiger partial charge in [0.25, 0.3) is 0 Å². The lowest BCUT2D eigenvalue weighted by molar-refractivity contribution is 0.0734. The number of carbonyl (C=O) groups excluding carboxylic acids is 1. The molecule has 32 heavy (non-hydrogen) atoms.